The summed E-state index contributed by atoms with van der Waals surface area (Å²) >= 11 is 6.01. The minimum Gasteiger partial charge on any atom is -0.489 e. The molecule has 0 radical (unpaired) electrons. The van der Waals surface area contributed by atoms with Gasteiger partial charge in [-0.15, -0.1) is 5.10 Å². The number of aromatic amines is 1. The fraction of sp³-hybridized carbons (Fsp3) is 0.0833. The third kappa shape index (κ3) is 4.73. The molecule has 0 bridgehead atoms. The van der Waals surface area contributed by atoms with Crippen LogP contribution in [0.1, 0.15) is 22.5 Å². The van der Waals surface area contributed by atoms with Crippen LogP contribution in [0.4, 0.5) is 18.9 Å². The molecule has 0 fully saturated rings. The largest absolute Gasteiger partial charge is 0.489 e. The van der Waals surface area contributed by atoms with Crippen molar-refractivity contribution >= 4 is 34.1 Å². The molecule has 182 valence electrons. The van der Waals surface area contributed by atoms with E-state index in [0.717, 1.165) is 10.8 Å². The Morgan fingerprint density at radius 3 is 2.61 bits per heavy atom. The number of hydrogen-bond donors (Lipinski definition) is 2. The van der Waals surface area contributed by atoms with E-state index in [9.17, 15) is 18.0 Å². The Balaban J connectivity index is 1.33. The highest BCUT2D eigenvalue weighted by Gasteiger charge is 2.20. The second-order valence-electron chi connectivity index (χ2n) is 7.71. The maximum atomic E-state index is 13.7. The molecular formula is C24H16ClF3N6O2. The maximum absolute atomic E-state index is 13.7. The lowest BCUT2D eigenvalue weighted by atomic mass is 10.1. The summed E-state index contributed by atoms with van der Waals surface area (Å²) in [5.41, 5.74) is 1.80. The molecule has 36 heavy (non-hydrogen) atoms. The van der Waals surface area contributed by atoms with Crippen LogP contribution in [0.3, 0.4) is 0 Å². The van der Waals surface area contributed by atoms with Crippen LogP contribution in [0.2, 0.25) is 5.02 Å². The van der Waals surface area contributed by atoms with Crippen LogP contribution in [0.15, 0.2) is 66.9 Å². The van der Waals surface area contributed by atoms with E-state index in [1.54, 1.807) is 36.4 Å². The summed E-state index contributed by atoms with van der Waals surface area (Å²) in [6.45, 7) is -2.73. The average molecular weight is 513 g/mol. The standard InChI is InChI=1S/C24H16ClF3N6O2/c25-20-10-15(26)3-1-14(20)12-36-17-6-4-16(5-7-17)29-23(35)19-11-34(24(27)28)21-9-13(2-8-18(19)21)22-30-32-33-31-22/h1-11,24H,12H2,(H,29,35)(H,30,31,32,33). The molecule has 5 aromatic rings. The van der Waals surface area contributed by atoms with Gasteiger partial charge < -0.3 is 10.1 Å². The van der Waals surface area contributed by atoms with E-state index in [0.29, 0.717) is 33.8 Å². The van der Waals surface area contributed by atoms with E-state index in [2.05, 4.69) is 25.9 Å². The second-order valence-corrected chi connectivity index (χ2v) is 8.12. The van der Waals surface area contributed by atoms with Crippen molar-refractivity contribution in [3.05, 3.63) is 88.8 Å². The molecule has 0 aliphatic carbocycles. The van der Waals surface area contributed by atoms with Crippen LogP contribution in [0, 0.1) is 5.82 Å². The molecule has 0 spiro atoms. The predicted molar refractivity (Wildman–Crippen MR) is 126 cm³/mol. The van der Waals surface area contributed by atoms with Crippen LogP contribution >= 0.6 is 11.6 Å². The van der Waals surface area contributed by atoms with Gasteiger partial charge in [-0.2, -0.15) is 8.78 Å². The number of rotatable bonds is 7. The Bertz CT molecular complexity index is 1540. The number of nitrogens with zero attached hydrogens (tertiary/aromatic N) is 4. The number of carbonyl (C=O) groups excluding carboxylic acids is 1. The van der Waals surface area contributed by atoms with E-state index < -0.39 is 18.3 Å². The fourth-order valence-electron chi connectivity index (χ4n) is 3.66. The third-order valence-electron chi connectivity index (χ3n) is 5.43. The third-order valence-corrected chi connectivity index (χ3v) is 5.78. The SMILES string of the molecule is O=C(Nc1ccc(OCc2ccc(F)cc2Cl)cc1)c1cn(C(F)F)c2cc(-c3nnn[nH]3)ccc12. The van der Waals surface area contributed by atoms with E-state index in [-0.39, 0.29) is 22.7 Å². The Morgan fingerprint density at radius 2 is 1.92 bits per heavy atom. The van der Waals surface area contributed by atoms with Crippen LogP contribution in [-0.4, -0.2) is 31.1 Å². The highest BCUT2D eigenvalue weighted by atomic mass is 35.5. The number of tetrazole rings is 1. The van der Waals surface area contributed by atoms with E-state index in [4.69, 9.17) is 16.3 Å². The molecule has 1 amide bonds. The summed E-state index contributed by atoms with van der Waals surface area (Å²) in [4.78, 5) is 13.0. The number of benzene rings is 3. The first kappa shape index (κ1) is 23.4. The lowest BCUT2D eigenvalue weighted by Crippen LogP contribution is -2.11. The van der Waals surface area contributed by atoms with Crippen LogP contribution < -0.4 is 10.1 Å². The van der Waals surface area contributed by atoms with Gasteiger partial charge in [0.05, 0.1) is 16.1 Å². The van der Waals surface area contributed by atoms with Crippen molar-refractivity contribution in [1.82, 2.24) is 25.2 Å². The van der Waals surface area contributed by atoms with Gasteiger partial charge in [-0.25, -0.2) is 9.49 Å². The number of carbonyl (C=O) groups is 1. The predicted octanol–water partition coefficient (Wildman–Crippen LogP) is 5.84. The molecule has 0 saturated heterocycles. The molecule has 8 nitrogen and oxygen atoms in total. The summed E-state index contributed by atoms with van der Waals surface area (Å²) in [7, 11) is 0. The molecule has 0 unspecified atom stereocenters. The minimum atomic E-state index is -2.86. The smallest absolute Gasteiger partial charge is 0.319 e. The van der Waals surface area contributed by atoms with E-state index in [1.807, 2.05) is 0 Å². The van der Waals surface area contributed by atoms with Crippen molar-refractivity contribution < 1.29 is 22.7 Å². The number of hydrogen-bond acceptors (Lipinski definition) is 5. The maximum Gasteiger partial charge on any atom is 0.319 e. The number of amides is 1. The number of nitrogens with one attached hydrogen (secondary N) is 2. The monoisotopic (exact) mass is 512 g/mol. The first-order chi connectivity index (χ1) is 17.4. The highest BCUT2D eigenvalue weighted by molar-refractivity contribution is 6.31. The van der Waals surface area contributed by atoms with Crippen molar-refractivity contribution in [1.29, 1.82) is 0 Å². The summed E-state index contributed by atoms with van der Waals surface area (Å²) in [6.07, 6.45) is 1.11. The molecule has 5 rings (SSSR count). The zero-order valence-electron chi connectivity index (χ0n) is 18.3. The average Bonchev–Trinajstić information content (AvgIpc) is 3.52. The minimum absolute atomic E-state index is 0.0822. The Morgan fingerprint density at radius 1 is 1.11 bits per heavy atom. The van der Waals surface area contributed by atoms with Gasteiger partial charge in [-0.3, -0.25) is 9.36 Å². The Labute approximate surface area is 206 Å². The van der Waals surface area contributed by atoms with Gasteiger partial charge in [-0.05, 0) is 52.9 Å². The molecule has 2 aromatic heterocycles. The summed E-state index contributed by atoms with van der Waals surface area (Å²) < 4.78 is 47.0. The quantitative estimate of drug-likeness (QED) is 0.285. The summed E-state index contributed by atoms with van der Waals surface area (Å²) in [5.74, 6) is -0.181. The number of anilines is 1. The number of fused-ring (bicyclic) bond motifs is 1. The van der Waals surface area contributed by atoms with E-state index >= 15 is 0 Å². The molecule has 3 aromatic carbocycles. The normalized spacial score (nSPS) is 11.2. The number of alkyl halides is 2. The van der Waals surface area contributed by atoms with Crippen LogP contribution in [0.25, 0.3) is 22.3 Å². The zero-order valence-corrected chi connectivity index (χ0v) is 19.0. The topological polar surface area (TPSA) is 97.7 Å². The van der Waals surface area contributed by atoms with Crippen LogP contribution in [-0.2, 0) is 6.61 Å². The van der Waals surface area contributed by atoms with Crippen molar-refractivity contribution in [3.8, 4) is 17.1 Å². The van der Waals surface area contributed by atoms with Crippen molar-refractivity contribution in [2.75, 3.05) is 5.32 Å². The highest BCUT2D eigenvalue weighted by Crippen LogP contribution is 2.30. The second kappa shape index (κ2) is 9.70. The van der Waals surface area contributed by atoms with Gasteiger partial charge in [0, 0.05) is 28.4 Å². The lowest BCUT2D eigenvalue weighted by Gasteiger charge is -2.09. The molecule has 2 heterocycles. The Hall–Kier alpha value is -4.38. The van der Waals surface area contributed by atoms with Crippen molar-refractivity contribution in [2.24, 2.45) is 0 Å². The van der Waals surface area contributed by atoms with Crippen LogP contribution in [0.5, 0.6) is 5.75 Å². The number of aromatic nitrogens is 5. The zero-order chi connectivity index (χ0) is 25.2. The van der Waals surface area contributed by atoms with Gasteiger partial charge in [-0.1, -0.05) is 29.8 Å². The fourth-order valence-corrected chi connectivity index (χ4v) is 3.88. The molecule has 0 aliphatic rings. The van der Waals surface area contributed by atoms with Crippen molar-refractivity contribution in [3.63, 3.8) is 0 Å². The summed E-state index contributed by atoms with van der Waals surface area (Å²) in [5, 5.41) is 16.6. The van der Waals surface area contributed by atoms with Gasteiger partial charge in [0.15, 0.2) is 5.82 Å². The van der Waals surface area contributed by atoms with Gasteiger partial charge in [0.1, 0.15) is 18.2 Å². The molecule has 2 N–H and O–H groups in total. The number of halogens is 4. The molecule has 0 aliphatic heterocycles. The molecule has 12 heteroatoms. The summed E-state index contributed by atoms with van der Waals surface area (Å²) in [6, 6.07) is 15.2. The van der Waals surface area contributed by atoms with Crippen molar-refractivity contribution in [2.45, 2.75) is 13.2 Å². The van der Waals surface area contributed by atoms with Gasteiger partial charge in [0.2, 0.25) is 0 Å². The van der Waals surface area contributed by atoms with Gasteiger partial charge >= 0.3 is 6.55 Å². The van der Waals surface area contributed by atoms with E-state index in [1.165, 1.54) is 24.3 Å². The molecule has 0 atom stereocenters. The lowest BCUT2D eigenvalue weighted by molar-refractivity contribution is 0.0750. The number of ether oxygens (including phenoxy) is 1. The first-order valence-electron chi connectivity index (χ1n) is 10.5. The molecular weight excluding hydrogens is 497 g/mol. The van der Waals surface area contributed by atoms with Gasteiger partial charge in [0.25, 0.3) is 5.91 Å². The Kier molecular flexibility index (Phi) is 6.30. The first-order valence-corrected chi connectivity index (χ1v) is 10.9. The molecule has 0 saturated carbocycles. The number of H-pyrrole nitrogens is 1.